The number of hydrogen-bond donors (Lipinski definition) is 3. The highest BCUT2D eigenvalue weighted by Crippen LogP contribution is 2.51. The number of phenols is 1. The monoisotopic (exact) mass is 422 g/mol. The minimum atomic E-state index is -4.03. The molecule has 1 heterocycles. The lowest BCUT2D eigenvalue weighted by Gasteiger charge is -2.24. The predicted octanol–water partition coefficient (Wildman–Crippen LogP) is 4.90. The third-order valence-corrected chi connectivity index (χ3v) is 5.78. The molecule has 0 aliphatic carbocycles. The van der Waals surface area contributed by atoms with Gasteiger partial charge in [-0.15, -0.1) is 0 Å². The van der Waals surface area contributed by atoms with E-state index in [-0.39, 0.29) is 12.0 Å². The maximum Gasteiger partial charge on any atom is 0.395 e. The van der Waals surface area contributed by atoms with E-state index in [0.29, 0.717) is 42.0 Å². The first-order valence-electron chi connectivity index (χ1n) is 9.97. The zero-order valence-electron chi connectivity index (χ0n) is 17.6. The van der Waals surface area contributed by atoms with E-state index in [0.717, 1.165) is 24.0 Å². The topological polar surface area (TPSA) is 101 Å². The Morgan fingerprint density at radius 1 is 1.14 bits per heavy atom. The summed E-state index contributed by atoms with van der Waals surface area (Å²) in [4.78, 5) is 14.5. The van der Waals surface area contributed by atoms with Gasteiger partial charge in [-0.25, -0.2) is 4.57 Å². The number of unbranched alkanes of at least 4 members (excludes halogenated alkanes) is 1. The van der Waals surface area contributed by atoms with Gasteiger partial charge in [0, 0.05) is 29.1 Å². The van der Waals surface area contributed by atoms with Gasteiger partial charge in [0.15, 0.2) is 11.5 Å². The molecule has 1 unspecified atom stereocenters. The van der Waals surface area contributed by atoms with E-state index in [1.54, 1.807) is 24.5 Å². The Balaban J connectivity index is 2.44. The molecule has 1 aromatic heterocycles. The molecule has 1 atom stereocenters. The van der Waals surface area contributed by atoms with Gasteiger partial charge >= 0.3 is 7.60 Å². The van der Waals surface area contributed by atoms with Gasteiger partial charge in [0.25, 0.3) is 0 Å². The molecular weight excluding hydrogens is 391 g/mol. The molecule has 0 spiro atoms. The van der Waals surface area contributed by atoms with Gasteiger partial charge in [-0.05, 0) is 37.8 Å². The maximum atomic E-state index is 12.8. The van der Waals surface area contributed by atoms with Crippen LogP contribution in [0.3, 0.4) is 0 Å². The van der Waals surface area contributed by atoms with E-state index in [2.05, 4.69) is 17.2 Å². The summed E-state index contributed by atoms with van der Waals surface area (Å²) < 4.78 is 24.0. The fraction of sp³-hybridized carbons (Fsp3) is 0.476. The number of aromatic nitrogens is 1. The zero-order chi connectivity index (χ0) is 21.4. The number of phenolic OH excluding ortho intramolecular Hbond substituents is 1. The summed E-state index contributed by atoms with van der Waals surface area (Å²) in [7, 11) is -2.55. The Kier molecular flexibility index (Phi) is 8.35. The molecule has 0 saturated heterocycles. The van der Waals surface area contributed by atoms with E-state index in [1.165, 1.54) is 7.11 Å². The van der Waals surface area contributed by atoms with Crippen molar-refractivity contribution >= 4 is 13.3 Å². The number of nitrogens with zero attached hydrogens (tertiary/aromatic N) is 1. The molecule has 0 aliphatic rings. The van der Waals surface area contributed by atoms with Crippen molar-refractivity contribution in [2.45, 2.75) is 52.9 Å². The quantitative estimate of drug-likeness (QED) is 0.443. The SMILES string of the molecule is CCCCc1c(O)c(OC)c(CC)c(OP(=O)(O)CNc2cccnc2)c1CC. The van der Waals surface area contributed by atoms with E-state index in [1.807, 2.05) is 13.8 Å². The second kappa shape index (κ2) is 10.5. The van der Waals surface area contributed by atoms with Gasteiger partial charge in [0.05, 0.1) is 12.8 Å². The second-order valence-corrected chi connectivity index (χ2v) is 8.54. The summed E-state index contributed by atoms with van der Waals surface area (Å²) >= 11 is 0. The highest BCUT2D eigenvalue weighted by atomic mass is 31.2. The minimum absolute atomic E-state index is 0.100. The number of anilines is 1. The molecule has 0 fully saturated rings. The minimum Gasteiger partial charge on any atom is -0.504 e. The Bertz CT molecular complexity index is 858. The summed E-state index contributed by atoms with van der Waals surface area (Å²) in [6, 6.07) is 3.50. The molecular formula is C21H31N2O5P. The van der Waals surface area contributed by atoms with Gasteiger partial charge in [0.2, 0.25) is 0 Å². The van der Waals surface area contributed by atoms with Gasteiger partial charge < -0.3 is 24.6 Å². The first-order chi connectivity index (χ1) is 13.9. The van der Waals surface area contributed by atoms with Crippen LogP contribution in [0.2, 0.25) is 0 Å². The third-order valence-electron chi connectivity index (χ3n) is 4.76. The fourth-order valence-corrected chi connectivity index (χ4v) is 4.28. The van der Waals surface area contributed by atoms with Crippen molar-refractivity contribution in [1.29, 1.82) is 0 Å². The normalized spacial score (nSPS) is 13.0. The average molecular weight is 422 g/mol. The number of aromatic hydroxyl groups is 1. The Hall–Kier alpha value is -2.24. The third kappa shape index (κ3) is 5.64. The lowest BCUT2D eigenvalue weighted by Crippen LogP contribution is -2.11. The number of hydrogen-bond acceptors (Lipinski definition) is 6. The van der Waals surface area contributed by atoms with E-state index >= 15 is 0 Å². The number of ether oxygens (including phenoxy) is 1. The predicted molar refractivity (Wildman–Crippen MR) is 115 cm³/mol. The van der Waals surface area contributed by atoms with Crippen LogP contribution in [0.1, 0.15) is 50.3 Å². The highest BCUT2D eigenvalue weighted by Gasteiger charge is 2.29. The molecule has 7 nitrogen and oxygen atoms in total. The van der Waals surface area contributed by atoms with Crippen LogP contribution in [0.4, 0.5) is 5.69 Å². The fourth-order valence-electron chi connectivity index (χ4n) is 3.33. The molecule has 8 heteroatoms. The van der Waals surface area contributed by atoms with Crippen molar-refractivity contribution in [3.05, 3.63) is 41.2 Å². The first-order valence-corrected chi connectivity index (χ1v) is 11.7. The largest absolute Gasteiger partial charge is 0.504 e. The molecule has 2 aromatic rings. The molecule has 160 valence electrons. The van der Waals surface area contributed by atoms with Crippen LogP contribution in [-0.2, 0) is 23.8 Å². The van der Waals surface area contributed by atoms with E-state index < -0.39 is 7.60 Å². The molecule has 3 N–H and O–H groups in total. The molecule has 29 heavy (non-hydrogen) atoms. The lowest BCUT2D eigenvalue weighted by atomic mass is 9.93. The number of methoxy groups -OCH3 is 1. The van der Waals surface area contributed by atoms with Crippen molar-refractivity contribution < 1.29 is 23.8 Å². The van der Waals surface area contributed by atoms with Crippen LogP contribution in [0.5, 0.6) is 17.2 Å². The summed E-state index contributed by atoms with van der Waals surface area (Å²) in [5.74, 6) is 0.754. The number of benzene rings is 1. The van der Waals surface area contributed by atoms with Gasteiger partial charge in [-0.2, -0.15) is 0 Å². The van der Waals surface area contributed by atoms with Crippen molar-refractivity contribution in [2.75, 3.05) is 18.7 Å². The standard InChI is InChI=1S/C21H31N2O5P/c1-5-8-11-18-16(6-2)20(17(7-3)21(27-4)19(18)24)28-29(25,26)14-23-15-10-9-12-22-13-15/h9-10,12-13,23-24H,5-8,11,14H2,1-4H3,(H,25,26). The van der Waals surface area contributed by atoms with Crippen LogP contribution in [0, 0.1) is 0 Å². The number of rotatable bonds is 11. The Labute approximate surface area is 172 Å². The molecule has 1 aromatic carbocycles. The molecule has 2 rings (SSSR count). The number of pyridine rings is 1. The average Bonchev–Trinajstić information content (AvgIpc) is 2.72. The van der Waals surface area contributed by atoms with Crippen LogP contribution in [-0.4, -0.2) is 28.4 Å². The van der Waals surface area contributed by atoms with Crippen molar-refractivity contribution in [2.24, 2.45) is 0 Å². The van der Waals surface area contributed by atoms with Gasteiger partial charge in [-0.1, -0.05) is 27.2 Å². The van der Waals surface area contributed by atoms with E-state index in [4.69, 9.17) is 9.26 Å². The lowest BCUT2D eigenvalue weighted by molar-refractivity contribution is 0.353. The number of nitrogens with one attached hydrogen (secondary N) is 1. The van der Waals surface area contributed by atoms with Crippen molar-refractivity contribution in [3.63, 3.8) is 0 Å². The zero-order valence-corrected chi connectivity index (χ0v) is 18.5. The van der Waals surface area contributed by atoms with Gasteiger partial charge in [0.1, 0.15) is 12.0 Å². The van der Waals surface area contributed by atoms with Crippen LogP contribution in [0.15, 0.2) is 24.5 Å². The highest BCUT2D eigenvalue weighted by molar-refractivity contribution is 7.53. The van der Waals surface area contributed by atoms with Gasteiger partial charge in [-0.3, -0.25) is 4.98 Å². The summed E-state index contributed by atoms with van der Waals surface area (Å²) in [5, 5.41) is 13.7. The molecule has 0 aliphatic heterocycles. The summed E-state index contributed by atoms with van der Waals surface area (Å²) in [5.41, 5.74) is 2.70. The van der Waals surface area contributed by atoms with Crippen LogP contribution < -0.4 is 14.6 Å². The van der Waals surface area contributed by atoms with Crippen LogP contribution in [0.25, 0.3) is 0 Å². The summed E-state index contributed by atoms with van der Waals surface area (Å²) in [6.45, 7) is 5.91. The van der Waals surface area contributed by atoms with E-state index in [9.17, 15) is 14.6 Å². The maximum absolute atomic E-state index is 12.8. The van der Waals surface area contributed by atoms with Crippen molar-refractivity contribution in [1.82, 2.24) is 4.98 Å². The van der Waals surface area contributed by atoms with Crippen LogP contribution >= 0.6 is 7.60 Å². The smallest absolute Gasteiger partial charge is 0.395 e. The summed E-state index contributed by atoms with van der Waals surface area (Å²) in [6.07, 6.45) is 6.48. The molecule has 0 radical (unpaired) electrons. The molecule has 0 amide bonds. The Morgan fingerprint density at radius 2 is 1.86 bits per heavy atom. The Morgan fingerprint density at radius 3 is 2.41 bits per heavy atom. The molecule has 0 bridgehead atoms. The van der Waals surface area contributed by atoms with Crippen molar-refractivity contribution in [3.8, 4) is 17.2 Å². The second-order valence-electron chi connectivity index (χ2n) is 6.76. The molecule has 0 saturated carbocycles. The first kappa shape index (κ1) is 23.0.